The molecular weight excluding hydrogens is 246 g/mol. The Kier molecular flexibility index (Phi) is 6.02. The normalized spacial score (nSPS) is 30.3. The zero-order valence-electron chi connectivity index (χ0n) is 12.1. The highest BCUT2D eigenvalue weighted by molar-refractivity contribution is 4.88. The van der Waals surface area contributed by atoms with Crippen LogP contribution >= 0.6 is 0 Å². The number of nitrogens with zero attached hydrogens (tertiary/aromatic N) is 1. The molecule has 1 heterocycles. The van der Waals surface area contributed by atoms with Gasteiger partial charge in [-0.2, -0.15) is 0 Å². The van der Waals surface area contributed by atoms with E-state index in [0.29, 0.717) is 5.92 Å². The fourth-order valence-corrected chi connectivity index (χ4v) is 3.83. The Morgan fingerprint density at radius 1 is 1.21 bits per heavy atom. The lowest BCUT2D eigenvalue weighted by Gasteiger charge is -2.41. The topological polar surface area (TPSA) is 15.3 Å². The van der Waals surface area contributed by atoms with Gasteiger partial charge in [-0.3, -0.25) is 4.90 Å². The first kappa shape index (κ1) is 15.2. The first-order valence-electron chi connectivity index (χ1n) is 7.94. The number of halogens is 2. The molecule has 0 bridgehead atoms. The van der Waals surface area contributed by atoms with Crippen molar-refractivity contribution in [2.24, 2.45) is 5.92 Å². The largest absolute Gasteiger partial charge is 0.307 e. The first-order valence-corrected chi connectivity index (χ1v) is 7.94. The molecule has 1 saturated carbocycles. The molecule has 0 amide bonds. The van der Waals surface area contributed by atoms with Crippen molar-refractivity contribution in [3.63, 3.8) is 0 Å². The summed E-state index contributed by atoms with van der Waals surface area (Å²) in [4.78, 5) is 2.58. The molecule has 2 nitrogen and oxygen atoms in total. The minimum absolute atomic E-state index is 0.151. The molecule has 2 unspecified atom stereocenters. The maximum absolute atomic E-state index is 12.4. The summed E-state index contributed by atoms with van der Waals surface area (Å²) in [6, 6.07) is 0.982. The van der Waals surface area contributed by atoms with E-state index in [1.807, 2.05) is 0 Å². The Labute approximate surface area is 115 Å². The Balaban J connectivity index is 1.87. The van der Waals surface area contributed by atoms with E-state index < -0.39 is 6.43 Å². The van der Waals surface area contributed by atoms with Gasteiger partial charge in [0.25, 0.3) is 6.43 Å². The highest BCUT2D eigenvalue weighted by Crippen LogP contribution is 2.29. The molecule has 2 rings (SSSR count). The molecule has 0 aromatic rings. The Bertz CT molecular complexity index is 255. The average molecular weight is 274 g/mol. The third-order valence-corrected chi connectivity index (χ3v) is 4.66. The van der Waals surface area contributed by atoms with Crippen molar-refractivity contribution < 1.29 is 8.78 Å². The molecule has 1 saturated heterocycles. The number of nitrogens with one attached hydrogen (secondary N) is 1. The van der Waals surface area contributed by atoms with E-state index >= 15 is 0 Å². The number of hydrogen-bond donors (Lipinski definition) is 1. The van der Waals surface area contributed by atoms with Crippen LogP contribution in [0.2, 0.25) is 0 Å². The molecule has 0 radical (unpaired) electrons. The van der Waals surface area contributed by atoms with Crippen molar-refractivity contribution in [1.29, 1.82) is 0 Å². The van der Waals surface area contributed by atoms with Crippen LogP contribution in [0.15, 0.2) is 0 Å². The second-order valence-corrected chi connectivity index (χ2v) is 6.28. The van der Waals surface area contributed by atoms with Crippen molar-refractivity contribution in [3.8, 4) is 0 Å². The molecule has 4 heteroatoms. The van der Waals surface area contributed by atoms with Crippen LogP contribution in [0, 0.1) is 5.92 Å². The zero-order valence-corrected chi connectivity index (χ0v) is 12.1. The third kappa shape index (κ3) is 4.67. The summed E-state index contributed by atoms with van der Waals surface area (Å²) in [6.45, 7) is 4.22. The molecule has 19 heavy (non-hydrogen) atoms. The molecule has 1 aliphatic heterocycles. The third-order valence-electron chi connectivity index (χ3n) is 4.66. The predicted octanol–water partition coefficient (Wildman–Crippen LogP) is 3.27. The Morgan fingerprint density at radius 2 is 1.95 bits per heavy atom. The zero-order chi connectivity index (χ0) is 13.7. The van der Waals surface area contributed by atoms with Crippen LogP contribution in [0.3, 0.4) is 0 Å². The van der Waals surface area contributed by atoms with Crippen molar-refractivity contribution in [3.05, 3.63) is 0 Å². The quantitative estimate of drug-likeness (QED) is 0.799. The van der Waals surface area contributed by atoms with Crippen LogP contribution in [0.5, 0.6) is 0 Å². The van der Waals surface area contributed by atoms with Crippen molar-refractivity contribution in [2.75, 3.05) is 19.6 Å². The Morgan fingerprint density at radius 3 is 2.58 bits per heavy atom. The van der Waals surface area contributed by atoms with Gasteiger partial charge in [-0.05, 0) is 31.6 Å². The fraction of sp³-hybridized carbons (Fsp3) is 1.00. The summed E-state index contributed by atoms with van der Waals surface area (Å²) in [6.07, 6.45) is 6.57. The fourth-order valence-electron chi connectivity index (χ4n) is 3.83. The molecule has 1 N–H and O–H groups in total. The average Bonchev–Trinajstić information content (AvgIpc) is 2.90. The lowest BCUT2D eigenvalue weighted by atomic mass is 9.89. The van der Waals surface area contributed by atoms with Crippen LogP contribution in [-0.2, 0) is 0 Å². The standard InChI is InChI=1S/C15H28F2N2/c1-2-5-12-8-13(18-9-15(16)17)11-19(10-12)14-6-3-4-7-14/h12-15,18H,2-11H2,1H3. The van der Waals surface area contributed by atoms with E-state index in [9.17, 15) is 8.78 Å². The SMILES string of the molecule is CCCC1CC(NCC(F)F)CN(C2CCCC2)C1. The summed E-state index contributed by atoms with van der Waals surface area (Å²) >= 11 is 0. The number of likely N-dealkylation sites (tertiary alicyclic amines) is 1. The summed E-state index contributed by atoms with van der Waals surface area (Å²) < 4.78 is 24.7. The van der Waals surface area contributed by atoms with Gasteiger partial charge in [0.05, 0.1) is 6.54 Å². The van der Waals surface area contributed by atoms with E-state index in [1.165, 1.54) is 45.1 Å². The van der Waals surface area contributed by atoms with Gasteiger partial charge in [0, 0.05) is 25.2 Å². The number of alkyl halides is 2. The van der Waals surface area contributed by atoms with E-state index in [4.69, 9.17) is 0 Å². The van der Waals surface area contributed by atoms with Gasteiger partial charge < -0.3 is 5.32 Å². The molecule has 2 aliphatic rings. The minimum atomic E-state index is -2.23. The van der Waals surface area contributed by atoms with Gasteiger partial charge in [-0.1, -0.05) is 26.2 Å². The van der Waals surface area contributed by atoms with E-state index in [-0.39, 0.29) is 12.6 Å². The van der Waals surface area contributed by atoms with E-state index in [0.717, 1.165) is 19.0 Å². The summed E-state index contributed by atoms with van der Waals surface area (Å²) in [5.74, 6) is 0.689. The number of piperidine rings is 1. The van der Waals surface area contributed by atoms with Crippen LogP contribution in [0.1, 0.15) is 51.9 Å². The molecular formula is C15H28F2N2. The molecule has 112 valence electrons. The van der Waals surface area contributed by atoms with Crippen LogP contribution < -0.4 is 5.32 Å². The van der Waals surface area contributed by atoms with Gasteiger partial charge in [0.2, 0.25) is 0 Å². The molecule has 0 aromatic heterocycles. The Hall–Kier alpha value is -0.220. The maximum atomic E-state index is 12.4. The van der Waals surface area contributed by atoms with E-state index in [1.54, 1.807) is 0 Å². The van der Waals surface area contributed by atoms with Gasteiger partial charge in [0.1, 0.15) is 0 Å². The highest BCUT2D eigenvalue weighted by Gasteiger charge is 2.32. The molecule has 0 spiro atoms. The number of hydrogen-bond acceptors (Lipinski definition) is 2. The maximum Gasteiger partial charge on any atom is 0.250 e. The highest BCUT2D eigenvalue weighted by atomic mass is 19.3. The van der Waals surface area contributed by atoms with Crippen molar-refractivity contribution in [1.82, 2.24) is 10.2 Å². The van der Waals surface area contributed by atoms with E-state index in [2.05, 4.69) is 17.1 Å². The van der Waals surface area contributed by atoms with Crippen molar-refractivity contribution >= 4 is 0 Å². The monoisotopic (exact) mass is 274 g/mol. The van der Waals surface area contributed by atoms with Gasteiger partial charge >= 0.3 is 0 Å². The number of rotatable bonds is 6. The summed E-state index contributed by atoms with van der Waals surface area (Å²) in [7, 11) is 0. The van der Waals surface area contributed by atoms with Crippen molar-refractivity contribution in [2.45, 2.75) is 70.4 Å². The lowest BCUT2D eigenvalue weighted by Crippen LogP contribution is -2.52. The van der Waals surface area contributed by atoms with Crippen LogP contribution in [0.25, 0.3) is 0 Å². The minimum Gasteiger partial charge on any atom is -0.307 e. The second-order valence-electron chi connectivity index (χ2n) is 6.28. The molecule has 0 aromatic carbocycles. The smallest absolute Gasteiger partial charge is 0.250 e. The second kappa shape index (κ2) is 7.53. The molecule has 2 atom stereocenters. The van der Waals surface area contributed by atoms with Gasteiger partial charge in [-0.15, -0.1) is 0 Å². The first-order chi connectivity index (χ1) is 9.19. The lowest BCUT2D eigenvalue weighted by molar-refractivity contribution is 0.0814. The summed E-state index contributed by atoms with van der Waals surface area (Å²) in [5, 5.41) is 3.07. The molecule has 1 aliphatic carbocycles. The van der Waals surface area contributed by atoms with Gasteiger partial charge in [0.15, 0.2) is 0 Å². The van der Waals surface area contributed by atoms with Gasteiger partial charge in [-0.25, -0.2) is 8.78 Å². The van der Waals surface area contributed by atoms with Crippen LogP contribution in [-0.4, -0.2) is 43.0 Å². The predicted molar refractivity (Wildman–Crippen MR) is 74.6 cm³/mol. The summed E-state index contributed by atoms with van der Waals surface area (Å²) in [5.41, 5.74) is 0. The van der Waals surface area contributed by atoms with Crippen LogP contribution in [0.4, 0.5) is 8.78 Å². The molecule has 2 fully saturated rings.